The zero-order chi connectivity index (χ0) is 31.9. The molecule has 6 nitrogen and oxygen atoms in total. The molecule has 0 aliphatic rings. The van der Waals surface area contributed by atoms with Gasteiger partial charge in [-0.1, -0.05) is 73.8 Å². The summed E-state index contributed by atoms with van der Waals surface area (Å²) < 4.78 is 6.45. The molecule has 0 radical (unpaired) electrons. The van der Waals surface area contributed by atoms with Crippen molar-refractivity contribution in [3.63, 3.8) is 0 Å². The minimum Gasteiger partial charge on any atom is -0.477 e. The van der Waals surface area contributed by atoms with Crippen molar-refractivity contribution in [2.24, 2.45) is 0 Å². The first-order chi connectivity index (χ1) is 20.3. The molecule has 0 fully saturated rings. The van der Waals surface area contributed by atoms with Gasteiger partial charge in [-0.2, -0.15) is 0 Å². The van der Waals surface area contributed by atoms with Gasteiger partial charge < -0.3 is 20.8 Å². The predicted octanol–water partition coefficient (Wildman–Crippen LogP) is 8.99. The SMILES string of the molecule is CCC(CC)(Oc1ccc(Cl)cc1C(CC(C)=N)CC(=O)Nc1cc(Cl)ccc1C(C)c1cc(C)ccc1C)C(=O)NC. The highest BCUT2D eigenvalue weighted by Gasteiger charge is 2.38. The molecule has 3 aromatic carbocycles. The van der Waals surface area contributed by atoms with Crippen LogP contribution < -0.4 is 15.4 Å². The van der Waals surface area contributed by atoms with Gasteiger partial charge in [-0.25, -0.2) is 0 Å². The van der Waals surface area contributed by atoms with Crippen LogP contribution in [0, 0.1) is 19.3 Å². The maximum Gasteiger partial charge on any atom is 0.263 e. The maximum atomic E-state index is 13.7. The highest BCUT2D eigenvalue weighted by atomic mass is 35.5. The Balaban J connectivity index is 1.98. The third-order valence-corrected chi connectivity index (χ3v) is 8.61. The molecule has 0 bridgehead atoms. The number of nitrogens with one attached hydrogen (secondary N) is 3. The maximum absolute atomic E-state index is 13.7. The predicted molar refractivity (Wildman–Crippen MR) is 178 cm³/mol. The molecule has 8 heteroatoms. The summed E-state index contributed by atoms with van der Waals surface area (Å²) in [6.45, 7) is 11.8. The zero-order valence-electron chi connectivity index (χ0n) is 26.2. The molecule has 0 aliphatic heterocycles. The van der Waals surface area contributed by atoms with Gasteiger partial charge in [0.05, 0.1) is 0 Å². The van der Waals surface area contributed by atoms with Crippen LogP contribution in [0.4, 0.5) is 5.69 Å². The van der Waals surface area contributed by atoms with Gasteiger partial charge in [0, 0.05) is 46.7 Å². The summed E-state index contributed by atoms with van der Waals surface area (Å²) in [4.78, 5) is 26.6. The minimum atomic E-state index is -1.08. The Morgan fingerprint density at radius 3 is 2.19 bits per heavy atom. The molecule has 0 spiro atoms. The second-order valence-corrected chi connectivity index (χ2v) is 12.2. The Kier molecular flexibility index (Phi) is 11.8. The standard InChI is InChI=1S/C35H43Cl2N3O3/c1-8-35(9-2,34(42)39-7)43-32-15-13-26(36)19-30(32)25(17-23(5)38)18-33(41)40-31-20-27(37)12-14-28(31)24(6)29-16-21(3)10-11-22(29)4/h10-16,19-20,24-25,38H,8-9,17-18H2,1-7H3,(H,39,42)(H,40,41). The first kappa shape index (κ1) is 34.1. The van der Waals surface area contributed by atoms with Crippen molar-refractivity contribution >= 4 is 46.4 Å². The fourth-order valence-electron chi connectivity index (χ4n) is 5.63. The van der Waals surface area contributed by atoms with Gasteiger partial charge in [-0.3, -0.25) is 9.59 Å². The van der Waals surface area contributed by atoms with E-state index in [0.717, 1.165) is 5.56 Å². The van der Waals surface area contributed by atoms with Crippen LogP contribution in [0.25, 0.3) is 0 Å². The highest BCUT2D eigenvalue weighted by Crippen LogP contribution is 2.39. The Hall–Kier alpha value is -3.35. The molecule has 0 aliphatic carbocycles. The van der Waals surface area contributed by atoms with E-state index >= 15 is 0 Å². The molecule has 230 valence electrons. The van der Waals surface area contributed by atoms with Crippen LogP contribution in [-0.4, -0.2) is 30.2 Å². The van der Waals surface area contributed by atoms with E-state index in [0.29, 0.717) is 52.0 Å². The van der Waals surface area contributed by atoms with E-state index in [1.165, 1.54) is 16.7 Å². The second-order valence-electron chi connectivity index (χ2n) is 11.3. The number of hydrogen-bond donors (Lipinski definition) is 3. The van der Waals surface area contributed by atoms with E-state index < -0.39 is 11.5 Å². The fourth-order valence-corrected chi connectivity index (χ4v) is 5.98. The van der Waals surface area contributed by atoms with Crippen molar-refractivity contribution in [3.05, 3.63) is 92.5 Å². The van der Waals surface area contributed by atoms with Gasteiger partial charge in [0.15, 0.2) is 5.60 Å². The molecule has 0 aromatic heterocycles. The molecule has 0 saturated carbocycles. The van der Waals surface area contributed by atoms with E-state index in [1.54, 1.807) is 38.2 Å². The molecule has 3 rings (SSSR count). The Labute approximate surface area is 266 Å². The summed E-state index contributed by atoms with van der Waals surface area (Å²) in [6.07, 6.45) is 1.30. The van der Waals surface area contributed by atoms with Crippen molar-refractivity contribution in [3.8, 4) is 5.75 Å². The van der Waals surface area contributed by atoms with Gasteiger partial charge in [0.1, 0.15) is 5.75 Å². The van der Waals surface area contributed by atoms with Crippen LogP contribution in [0.1, 0.15) is 93.0 Å². The lowest BCUT2D eigenvalue weighted by Crippen LogP contribution is -2.49. The van der Waals surface area contributed by atoms with E-state index in [2.05, 4.69) is 49.6 Å². The number of ether oxygens (including phenoxy) is 1. The lowest BCUT2D eigenvalue weighted by molar-refractivity contribution is -0.137. The molecule has 43 heavy (non-hydrogen) atoms. The highest BCUT2D eigenvalue weighted by molar-refractivity contribution is 6.31. The van der Waals surface area contributed by atoms with Crippen molar-refractivity contribution in [1.82, 2.24) is 5.32 Å². The lowest BCUT2D eigenvalue weighted by Gasteiger charge is -2.32. The molecular weight excluding hydrogens is 581 g/mol. The molecule has 2 amide bonds. The van der Waals surface area contributed by atoms with Gasteiger partial charge in [0.25, 0.3) is 5.91 Å². The summed E-state index contributed by atoms with van der Waals surface area (Å²) in [5.41, 5.74) is 5.15. The molecule has 0 saturated heterocycles. The molecular formula is C35H43Cl2N3O3. The second kappa shape index (κ2) is 14.9. The lowest BCUT2D eigenvalue weighted by atomic mass is 9.87. The first-order valence-electron chi connectivity index (χ1n) is 14.7. The van der Waals surface area contributed by atoms with Gasteiger partial charge in [0.2, 0.25) is 5.91 Å². The summed E-state index contributed by atoms with van der Waals surface area (Å²) in [5.74, 6) is -0.371. The largest absolute Gasteiger partial charge is 0.477 e. The quantitative estimate of drug-likeness (QED) is 0.166. The van der Waals surface area contributed by atoms with Gasteiger partial charge in [-0.05, 0) is 92.6 Å². The third-order valence-electron chi connectivity index (χ3n) is 8.14. The number of anilines is 1. The Bertz CT molecular complexity index is 1480. The number of hydrogen-bond acceptors (Lipinski definition) is 4. The molecule has 2 atom stereocenters. The molecule has 0 heterocycles. The number of carbonyl (C=O) groups is 2. The monoisotopic (exact) mass is 623 g/mol. The molecule has 3 aromatic rings. The van der Waals surface area contributed by atoms with Crippen LogP contribution >= 0.6 is 23.2 Å². The number of aryl methyl sites for hydroxylation is 2. The Morgan fingerprint density at radius 2 is 1.56 bits per heavy atom. The average molecular weight is 625 g/mol. The van der Waals surface area contributed by atoms with E-state index in [1.807, 2.05) is 26.0 Å². The number of rotatable bonds is 13. The van der Waals surface area contributed by atoms with Gasteiger partial charge >= 0.3 is 0 Å². The number of halogens is 2. The third kappa shape index (κ3) is 8.39. The van der Waals surface area contributed by atoms with Crippen LogP contribution in [0.15, 0.2) is 54.6 Å². The van der Waals surface area contributed by atoms with Crippen molar-refractivity contribution in [2.75, 3.05) is 12.4 Å². The number of likely N-dealkylation sites (N-methyl/N-ethyl adjacent to an activating group) is 1. The van der Waals surface area contributed by atoms with Gasteiger partial charge in [-0.15, -0.1) is 0 Å². The Morgan fingerprint density at radius 1 is 0.907 bits per heavy atom. The number of benzene rings is 3. The average Bonchev–Trinajstić information content (AvgIpc) is 2.96. The van der Waals surface area contributed by atoms with E-state index in [4.69, 9.17) is 33.3 Å². The van der Waals surface area contributed by atoms with Crippen LogP contribution in [0.5, 0.6) is 5.75 Å². The smallest absolute Gasteiger partial charge is 0.263 e. The normalized spacial score (nSPS) is 12.8. The number of amides is 2. The number of carbonyl (C=O) groups excluding carboxylic acids is 2. The summed E-state index contributed by atoms with van der Waals surface area (Å²) in [5, 5.41) is 15.1. The van der Waals surface area contributed by atoms with Crippen molar-refractivity contribution < 1.29 is 14.3 Å². The van der Waals surface area contributed by atoms with E-state index in [-0.39, 0.29) is 24.2 Å². The first-order valence-corrected chi connectivity index (χ1v) is 15.5. The van der Waals surface area contributed by atoms with Crippen LogP contribution in [0.3, 0.4) is 0 Å². The minimum absolute atomic E-state index is 0.0148. The van der Waals surface area contributed by atoms with Crippen LogP contribution in [-0.2, 0) is 9.59 Å². The summed E-state index contributed by atoms with van der Waals surface area (Å²) in [7, 11) is 1.59. The van der Waals surface area contributed by atoms with Crippen molar-refractivity contribution in [2.45, 2.75) is 84.7 Å². The van der Waals surface area contributed by atoms with E-state index in [9.17, 15) is 9.59 Å². The van der Waals surface area contributed by atoms with Crippen LogP contribution in [0.2, 0.25) is 10.0 Å². The molecule has 3 N–H and O–H groups in total. The fraction of sp³-hybridized carbons (Fsp3) is 0.400. The summed E-state index contributed by atoms with van der Waals surface area (Å²) in [6, 6.07) is 17.2. The molecule has 2 unspecified atom stereocenters. The van der Waals surface area contributed by atoms with Crippen molar-refractivity contribution in [1.29, 1.82) is 5.41 Å². The summed E-state index contributed by atoms with van der Waals surface area (Å²) >= 11 is 12.8. The topological polar surface area (TPSA) is 91.3 Å². The zero-order valence-corrected chi connectivity index (χ0v) is 27.7.